The third kappa shape index (κ3) is 6.27. The lowest BCUT2D eigenvalue weighted by atomic mass is 10.1. The summed E-state index contributed by atoms with van der Waals surface area (Å²) in [7, 11) is 0. The summed E-state index contributed by atoms with van der Waals surface area (Å²) in [6.07, 6.45) is -2.13. The Balaban J connectivity index is 2.04. The number of benzene rings is 2. The minimum absolute atomic E-state index is 0.400. The van der Waals surface area contributed by atoms with Crippen LogP contribution in [0.1, 0.15) is 22.8 Å². The highest BCUT2D eigenvalue weighted by Gasteiger charge is 2.23. The van der Waals surface area contributed by atoms with E-state index in [2.05, 4.69) is 23.7 Å². The number of hydroxylamine groups is 1. The van der Waals surface area contributed by atoms with E-state index in [0.29, 0.717) is 5.56 Å². The molecule has 2 aromatic carbocycles. The van der Waals surface area contributed by atoms with Gasteiger partial charge in [-0.3, -0.25) is 10.0 Å². The van der Waals surface area contributed by atoms with Gasteiger partial charge in [-0.2, -0.15) is 0 Å². The van der Waals surface area contributed by atoms with E-state index in [-0.39, 0.29) is 0 Å². The van der Waals surface area contributed by atoms with E-state index < -0.39 is 31.3 Å². The van der Waals surface area contributed by atoms with Crippen LogP contribution in [0.25, 0.3) is 0 Å². The van der Waals surface area contributed by atoms with Gasteiger partial charge in [0.25, 0.3) is 5.91 Å². The van der Waals surface area contributed by atoms with E-state index in [1.165, 1.54) is 5.48 Å². The molecular formula is C21H19NO5. The quantitative estimate of drug-likeness (QED) is 0.348. The average molecular weight is 365 g/mol. The molecule has 6 heteroatoms. The summed E-state index contributed by atoms with van der Waals surface area (Å²) in [4.78, 5) is 11.4. The predicted octanol–water partition coefficient (Wildman–Crippen LogP) is 1.01. The molecule has 0 radical (unpaired) electrons. The van der Waals surface area contributed by atoms with Gasteiger partial charge in [0.05, 0.1) is 13.2 Å². The zero-order valence-corrected chi connectivity index (χ0v) is 14.4. The van der Waals surface area contributed by atoms with Crippen LogP contribution in [0.5, 0.6) is 0 Å². The molecule has 1 amide bonds. The third-order valence-electron chi connectivity index (χ3n) is 3.60. The number of aliphatic hydroxyl groups excluding tert-OH is 2. The molecule has 0 spiro atoms. The zero-order valence-electron chi connectivity index (χ0n) is 14.4. The van der Waals surface area contributed by atoms with Crippen molar-refractivity contribution in [1.29, 1.82) is 0 Å². The molecule has 0 saturated heterocycles. The lowest BCUT2D eigenvalue weighted by Crippen LogP contribution is -2.38. The normalized spacial score (nSPS) is 12.0. The highest BCUT2D eigenvalue weighted by molar-refractivity contribution is 5.79. The molecule has 6 nitrogen and oxygen atoms in total. The highest BCUT2D eigenvalue weighted by atomic mass is 16.5. The molecule has 27 heavy (non-hydrogen) atoms. The number of hydrogen-bond donors (Lipinski definition) is 4. The molecule has 0 fully saturated rings. The van der Waals surface area contributed by atoms with Crippen molar-refractivity contribution in [3.8, 4) is 23.7 Å². The lowest BCUT2D eigenvalue weighted by Gasteiger charge is -2.21. The molecule has 0 saturated carbocycles. The number of aliphatic hydroxyl groups is 2. The minimum atomic E-state index is -1.29. The van der Waals surface area contributed by atoms with Crippen molar-refractivity contribution in [2.75, 3.05) is 13.2 Å². The van der Waals surface area contributed by atoms with Crippen molar-refractivity contribution in [2.45, 2.75) is 12.2 Å². The minimum Gasteiger partial charge on any atom is -0.393 e. The van der Waals surface area contributed by atoms with E-state index >= 15 is 0 Å². The fourth-order valence-electron chi connectivity index (χ4n) is 2.19. The number of nitrogens with one attached hydrogen (secondary N) is 1. The lowest BCUT2D eigenvalue weighted by molar-refractivity contribution is -0.150. The monoisotopic (exact) mass is 365 g/mol. The Bertz CT molecular complexity index is 857. The Labute approximate surface area is 157 Å². The van der Waals surface area contributed by atoms with Gasteiger partial charge in [-0.1, -0.05) is 42.2 Å². The first-order chi connectivity index (χ1) is 13.2. The smallest absolute Gasteiger partial charge is 0.274 e. The Morgan fingerprint density at radius 2 is 1.52 bits per heavy atom. The highest BCUT2D eigenvalue weighted by Crippen LogP contribution is 2.19. The van der Waals surface area contributed by atoms with Gasteiger partial charge in [0.2, 0.25) is 0 Å². The van der Waals surface area contributed by atoms with Gasteiger partial charge < -0.3 is 14.9 Å². The summed E-state index contributed by atoms with van der Waals surface area (Å²) >= 11 is 0. The summed E-state index contributed by atoms with van der Waals surface area (Å²) in [5, 5.41) is 27.3. The second kappa shape index (κ2) is 10.8. The van der Waals surface area contributed by atoms with Gasteiger partial charge in [0.15, 0.2) is 6.10 Å². The fourth-order valence-corrected chi connectivity index (χ4v) is 2.19. The van der Waals surface area contributed by atoms with Crippen LogP contribution in [0.4, 0.5) is 0 Å². The third-order valence-corrected chi connectivity index (χ3v) is 3.60. The standard InChI is InChI=1S/C21H19NO5/c23-14-19(27-20(15-24)21(25)22-26)18-12-10-17(11-13-18)9-5-4-8-16-6-2-1-3-7-16/h1-3,6-7,10-13,19-20,23-24,26H,14-15H2,(H,22,25)/t19-,20-/m0/s1. The van der Waals surface area contributed by atoms with Gasteiger partial charge in [-0.05, 0) is 41.7 Å². The van der Waals surface area contributed by atoms with Gasteiger partial charge in [0, 0.05) is 11.1 Å². The molecule has 0 aliphatic rings. The Kier molecular flexibility index (Phi) is 8.05. The van der Waals surface area contributed by atoms with E-state index in [0.717, 1.165) is 11.1 Å². The summed E-state index contributed by atoms with van der Waals surface area (Å²) in [5.74, 6) is 10.5. The molecule has 2 atom stereocenters. The number of hydrogen-bond acceptors (Lipinski definition) is 5. The first-order valence-electron chi connectivity index (χ1n) is 8.16. The van der Waals surface area contributed by atoms with Gasteiger partial charge >= 0.3 is 0 Å². The van der Waals surface area contributed by atoms with E-state index in [1.54, 1.807) is 24.3 Å². The molecular weight excluding hydrogens is 346 g/mol. The van der Waals surface area contributed by atoms with Crippen LogP contribution in [0.3, 0.4) is 0 Å². The SMILES string of the molecule is O=C(NO)[C@H](CO)O[C@@H](CO)c1ccc(C#CC#Cc2ccccc2)cc1. The first kappa shape index (κ1) is 20.2. The number of rotatable bonds is 6. The number of amides is 1. The second-order valence-electron chi connectivity index (χ2n) is 5.44. The van der Waals surface area contributed by atoms with E-state index in [4.69, 9.17) is 15.1 Å². The number of carbonyl (C=O) groups excluding carboxylic acids is 1. The summed E-state index contributed by atoms with van der Waals surface area (Å²) in [6.45, 7) is -1.03. The summed E-state index contributed by atoms with van der Waals surface area (Å²) in [6, 6.07) is 16.4. The summed E-state index contributed by atoms with van der Waals surface area (Å²) < 4.78 is 5.34. The van der Waals surface area contributed by atoms with Gasteiger partial charge in [-0.15, -0.1) is 0 Å². The molecule has 0 heterocycles. The molecule has 0 aliphatic heterocycles. The van der Waals surface area contributed by atoms with Crippen molar-refractivity contribution in [3.63, 3.8) is 0 Å². The topological polar surface area (TPSA) is 99.0 Å². The van der Waals surface area contributed by atoms with Crippen LogP contribution in [0.2, 0.25) is 0 Å². The maximum absolute atomic E-state index is 11.4. The second-order valence-corrected chi connectivity index (χ2v) is 5.44. The van der Waals surface area contributed by atoms with Crippen molar-refractivity contribution in [1.82, 2.24) is 5.48 Å². The average Bonchev–Trinajstić information content (AvgIpc) is 2.73. The maximum atomic E-state index is 11.4. The first-order valence-corrected chi connectivity index (χ1v) is 8.16. The van der Waals surface area contributed by atoms with E-state index in [9.17, 15) is 9.90 Å². The molecule has 2 rings (SSSR count). The number of carbonyl (C=O) groups is 1. The molecule has 138 valence electrons. The molecule has 4 N–H and O–H groups in total. The van der Waals surface area contributed by atoms with Crippen molar-refractivity contribution in [2.24, 2.45) is 0 Å². The van der Waals surface area contributed by atoms with Crippen LogP contribution in [-0.4, -0.2) is 40.6 Å². The zero-order chi connectivity index (χ0) is 19.5. The van der Waals surface area contributed by atoms with Crippen LogP contribution in [-0.2, 0) is 9.53 Å². The molecule has 2 aromatic rings. The fraction of sp³-hybridized carbons (Fsp3) is 0.190. The van der Waals surface area contributed by atoms with Crippen molar-refractivity contribution >= 4 is 5.91 Å². The molecule has 0 aromatic heterocycles. The summed E-state index contributed by atoms with van der Waals surface area (Å²) in [5.41, 5.74) is 3.62. The van der Waals surface area contributed by atoms with Crippen LogP contribution in [0.15, 0.2) is 54.6 Å². The Morgan fingerprint density at radius 1 is 0.926 bits per heavy atom. The van der Waals surface area contributed by atoms with E-state index in [1.807, 2.05) is 30.3 Å². The van der Waals surface area contributed by atoms with Gasteiger partial charge in [-0.25, -0.2) is 5.48 Å². The van der Waals surface area contributed by atoms with Crippen molar-refractivity contribution < 1.29 is 25.0 Å². The van der Waals surface area contributed by atoms with Crippen molar-refractivity contribution in [3.05, 3.63) is 71.3 Å². The molecule has 0 unspecified atom stereocenters. The maximum Gasteiger partial charge on any atom is 0.274 e. The van der Waals surface area contributed by atoms with Gasteiger partial charge in [0.1, 0.15) is 6.10 Å². The molecule has 0 bridgehead atoms. The van der Waals surface area contributed by atoms with Crippen LogP contribution in [0, 0.1) is 23.7 Å². The number of ether oxygens (including phenoxy) is 1. The molecule has 0 aliphatic carbocycles. The Morgan fingerprint density at radius 3 is 2.04 bits per heavy atom. The predicted molar refractivity (Wildman–Crippen MR) is 98.4 cm³/mol. The largest absolute Gasteiger partial charge is 0.393 e. The Hall–Kier alpha value is -3.13. The van der Waals surface area contributed by atoms with Crippen LogP contribution < -0.4 is 5.48 Å². The van der Waals surface area contributed by atoms with Crippen LogP contribution >= 0.6 is 0 Å².